The van der Waals surface area contributed by atoms with Crippen molar-refractivity contribution in [1.29, 1.82) is 0 Å². The fraction of sp³-hybridized carbons (Fsp3) is 0.438. The molecule has 0 unspecified atom stereocenters. The van der Waals surface area contributed by atoms with Crippen LogP contribution < -0.4 is 5.32 Å². The van der Waals surface area contributed by atoms with Gasteiger partial charge in [-0.05, 0) is 37.5 Å². The van der Waals surface area contributed by atoms with Gasteiger partial charge in [0.15, 0.2) is 0 Å². The average molecular weight is 257 g/mol. The first-order valence-electron chi connectivity index (χ1n) is 6.72. The normalized spacial score (nSPS) is 14.8. The first-order valence-corrected chi connectivity index (χ1v) is 6.72. The van der Waals surface area contributed by atoms with Crippen LogP contribution in [0, 0.1) is 24.7 Å². The van der Waals surface area contributed by atoms with Crippen LogP contribution in [-0.2, 0) is 4.79 Å². The summed E-state index contributed by atoms with van der Waals surface area (Å²) in [6, 6.07) is 5.75. The van der Waals surface area contributed by atoms with E-state index in [0.717, 1.165) is 42.5 Å². The monoisotopic (exact) mass is 257 g/mol. The minimum absolute atomic E-state index is 0.0911. The number of anilines is 1. The topological polar surface area (TPSA) is 49.3 Å². The molecule has 1 fully saturated rings. The number of aryl methyl sites for hydroxylation is 1. The lowest BCUT2D eigenvalue weighted by molar-refractivity contribution is -0.119. The van der Waals surface area contributed by atoms with Gasteiger partial charge in [0.1, 0.15) is 6.61 Å². The summed E-state index contributed by atoms with van der Waals surface area (Å²) in [5, 5.41) is 11.7. The van der Waals surface area contributed by atoms with E-state index >= 15 is 0 Å². The first kappa shape index (κ1) is 13.6. The Labute approximate surface area is 114 Å². The molecule has 3 heteroatoms. The van der Waals surface area contributed by atoms with Crippen LogP contribution >= 0.6 is 0 Å². The zero-order valence-corrected chi connectivity index (χ0v) is 11.2. The summed E-state index contributed by atoms with van der Waals surface area (Å²) in [6.45, 7) is 1.80. The largest absolute Gasteiger partial charge is 0.384 e. The van der Waals surface area contributed by atoms with E-state index in [1.807, 2.05) is 25.1 Å². The molecular weight excluding hydrogens is 238 g/mol. The Kier molecular flexibility index (Phi) is 4.59. The summed E-state index contributed by atoms with van der Waals surface area (Å²) in [5.41, 5.74) is 2.59. The third-order valence-electron chi connectivity index (χ3n) is 3.46. The number of rotatable bonds is 2. The van der Waals surface area contributed by atoms with Crippen LogP contribution in [0.15, 0.2) is 18.2 Å². The molecule has 1 aromatic rings. The fourth-order valence-corrected chi connectivity index (χ4v) is 2.43. The van der Waals surface area contributed by atoms with E-state index in [1.165, 1.54) is 0 Å². The Morgan fingerprint density at radius 2 is 2.16 bits per heavy atom. The van der Waals surface area contributed by atoms with Crippen molar-refractivity contribution in [3.05, 3.63) is 29.3 Å². The van der Waals surface area contributed by atoms with Crippen molar-refractivity contribution >= 4 is 11.6 Å². The van der Waals surface area contributed by atoms with Crippen molar-refractivity contribution in [3.63, 3.8) is 0 Å². The molecule has 1 aliphatic carbocycles. The predicted octanol–water partition coefficient (Wildman–Crippen LogP) is 2.47. The highest BCUT2D eigenvalue weighted by atomic mass is 16.2. The van der Waals surface area contributed by atoms with E-state index in [-0.39, 0.29) is 18.4 Å². The van der Waals surface area contributed by atoms with Gasteiger partial charge in [-0.1, -0.05) is 30.7 Å². The van der Waals surface area contributed by atoms with E-state index in [2.05, 4.69) is 17.2 Å². The zero-order chi connectivity index (χ0) is 13.7. The fourth-order valence-electron chi connectivity index (χ4n) is 2.43. The van der Waals surface area contributed by atoms with E-state index in [1.54, 1.807) is 0 Å². The highest BCUT2D eigenvalue weighted by Gasteiger charge is 2.22. The summed E-state index contributed by atoms with van der Waals surface area (Å²) in [6.07, 6.45) is 4.25. The van der Waals surface area contributed by atoms with Gasteiger partial charge in [0.2, 0.25) is 5.91 Å². The average Bonchev–Trinajstić information content (AvgIpc) is 2.93. The summed E-state index contributed by atoms with van der Waals surface area (Å²) in [5.74, 6) is 5.74. The maximum absolute atomic E-state index is 12.1. The smallest absolute Gasteiger partial charge is 0.227 e. The van der Waals surface area contributed by atoms with Crippen LogP contribution in [0.25, 0.3) is 0 Å². The Hall–Kier alpha value is -1.79. The second kappa shape index (κ2) is 6.40. The Balaban J connectivity index is 2.16. The van der Waals surface area contributed by atoms with E-state index in [9.17, 15) is 4.79 Å². The Morgan fingerprint density at radius 3 is 2.84 bits per heavy atom. The van der Waals surface area contributed by atoms with Gasteiger partial charge < -0.3 is 10.4 Å². The number of nitrogens with one attached hydrogen (secondary N) is 1. The molecule has 1 amide bonds. The molecule has 1 saturated carbocycles. The van der Waals surface area contributed by atoms with Crippen molar-refractivity contribution in [2.24, 2.45) is 5.92 Å². The minimum Gasteiger partial charge on any atom is -0.384 e. The lowest BCUT2D eigenvalue weighted by Gasteiger charge is -2.12. The first-order chi connectivity index (χ1) is 9.20. The summed E-state index contributed by atoms with van der Waals surface area (Å²) in [4.78, 5) is 12.1. The SMILES string of the molecule is Cc1ccc(NC(=O)C2CCCC2)c(C#CCO)c1. The van der Waals surface area contributed by atoms with Gasteiger partial charge in [0.25, 0.3) is 0 Å². The summed E-state index contributed by atoms with van der Waals surface area (Å²) >= 11 is 0. The molecule has 19 heavy (non-hydrogen) atoms. The number of hydrogen-bond acceptors (Lipinski definition) is 2. The minimum atomic E-state index is -0.177. The van der Waals surface area contributed by atoms with E-state index < -0.39 is 0 Å². The van der Waals surface area contributed by atoms with Crippen molar-refractivity contribution in [2.75, 3.05) is 11.9 Å². The molecule has 2 N–H and O–H groups in total. The molecule has 1 aromatic carbocycles. The van der Waals surface area contributed by atoms with Gasteiger partial charge >= 0.3 is 0 Å². The molecule has 100 valence electrons. The molecule has 3 nitrogen and oxygen atoms in total. The Bertz CT molecular complexity index is 519. The second-order valence-corrected chi connectivity index (χ2v) is 4.98. The van der Waals surface area contributed by atoms with Crippen LogP contribution in [0.3, 0.4) is 0 Å². The molecule has 0 aromatic heterocycles. The number of aliphatic hydroxyl groups excluding tert-OH is 1. The number of benzene rings is 1. The van der Waals surface area contributed by atoms with Crippen LogP contribution in [0.4, 0.5) is 5.69 Å². The van der Waals surface area contributed by atoms with Crippen molar-refractivity contribution in [1.82, 2.24) is 0 Å². The lowest BCUT2D eigenvalue weighted by Crippen LogP contribution is -2.20. The van der Waals surface area contributed by atoms with E-state index in [0.29, 0.717) is 0 Å². The highest BCUT2D eigenvalue weighted by molar-refractivity contribution is 5.94. The Morgan fingerprint density at radius 1 is 1.42 bits per heavy atom. The van der Waals surface area contributed by atoms with Gasteiger partial charge in [-0.2, -0.15) is 0 Å². The van der Waals surface area contributed by atoms with Crippen LogP contribution in [-0.4, -0.2) is 17.6 Å². The van der Waals surface area contributed by atoms with E-state index in [4.69, 9.17) is 5.11 Å². The number of amides is 1. The molecule has 0 bridgehead atoms. The molecule has 0 radical (unpaired) electrons. The van der Waals surface area contributed by atoms with Crippen molar-refractivity contribution in [3.8, 4) is 11.8 Å². The molecular formula is C16H19NO2. The van der Waals surface area contributed by atoms with Gasteiger partial charge in [-0.3, -0.25) is 4.79 Å². The second-order valence-electron chi connectivity index (χ2n) is 4.98. The summed E-state index contributed by atoms with van der Waals surface area (Å²) < 4.78 is 0. The predicted molar refractivity (Wildman–Crippen MR) is 75.7 cm³/mol. The number of hydrogen-bond donors (Lipinski definition) is 2. The molecule has 0 saturated heterocycles. The standard InChI is InChI=1S/C16H19NO2/c1-12-8-9-15(14(11-12)7-4-10-18)17-16(19)13-5-2-3-6-13/h8-9,11,13,18H,2-3,5-6,10H2,1H3,(H,17,19). The lowest BCUT2D eigenvalue weighted by atomic mass is 10.1. The summed E-state index contributed by atoms with van der Waals surface area (Å²) in [7, 11) is 0. The van der Waals surface area contributed by atoms with Gasteiger partial charge in [-0.15, -0.1) is 0 Å². The quantitative estimate of drug-likeness (QED) is 0.800. The number of carbonyl (C=O) groups excluding carboxylic acids is 1. The maximum atomic E-state index is 12.1. The van der Waals surface area contributed by atoms with Gasteiger partial charge in [0.05, 0.1) is 5.69 Å². The third-order valence-corrected chi connectivity index (χ3v) is 3.46. The third kappa shape index (κ3) is 3.59. The molecule has 0 aliphatic heterocycles. The molecule has 0 heterocycles. The molecule has 1 aliphatic rings. The highest BCUT2D eigenvalue weighted by Crippen LogP contribution is 2.26. The van der Waals surface area contributed by atoms with Gasteiger partial charge in [0, 0.05) is 11.5 Å². The van der Waals surface area contributed by atoms with Crippen molar-refractivity contribution < 1.29 is 9.90 Å². The zero-order valence-electron chi connectivity index (χ0n) is 11.2. The molecule has 0 spiro atoms. The number of carbonyl (C=O) groups is 1. The van der Waals surface area contributed by atoms with Crippen molar-refractivity contribution in [2.45, 2.75) is 32.6 Å². The molecule has 2 rings (SSSR count). The van der Waals surface area contributed by atoms with Crippen LogP contribution in [0.2, 0.25) is 0 Å². The maximum Gasteiger partial charge on any atom is 0.227 e. The molecule has 0 atom stereocenters. The van der Waals surface area contributed by atoms with Gasteiger partial charge in [-0.25, -0.2) is 0 Å². The van der Waals surface area contributed by atoms with Crippen LogP contribution in [0.5, 0.6) is 0 Å². The van der Waals surface area contributed by atoms with Crippen LogP contribution in [0.1, 0.15) is 36.8 Å². The number of aliphatic hydroxyl groups is 1.